The topological polar surface area (TPSA) is 59.0 Å². The molecule has 0 unspecified atom stereocenters. The molecule has 5 heteroatoms. The van der Waals surface area contributed by atoms with Gasteiger partial charge in [-0.2, -0.15) is 0 Å². The number of rotatable bonds is 2. The molecule has 1 aliphatic rings. The molecule has 0 aromatic heterocycles. The molecule has 0 aromatic rings. The Morgan fingerprint density at radius 3 is 2.56 bits per heavy atom. The van der Waals surface area contributed by atoms with E-state index in [1.165, 1.54) is 0 Å². The van der Waals surface area contributed by atoms with E-state index in [9.17, 15) is 4.79 Å². The van der Waals surface area contributed by atoms with Gasteiger partial charge in [0.25, 0.3) is 0 Å². The second-order valence-electron chi connectivity index (χ2n) is 5.63. The monoisotopic (exact) mass is 259 g/mol. The zero-order valence-electron chi connectivity index (χ0n) is 11.6. The predicted molar refractivity (Wildman–Crippen MR) is 68.0 cm³/mol. The first-order valence-electron chi connectivity index (χ1n) is 6.66. The zero-order chi connectivity index (χ0) is 13.6. The highest BCUT2D eigenvalue weighted by atomic mass is 16.6. The summed E-state index contributed by atoms with van der Waals surface area (Å²) in [5.41, 5.74) is -0.511. The number of carbonyl (C=O) groups excluding carboxylic acids is 1. The Labute approximate surface area is 109 Å². The molecule has 0 bridgehead atoms. The number of likely N-dealkylation sites (tertiary alicyclic amines) is 1. The summed E-state index contributed by atoms with van der Waals surface area (Å²) in [5, 5.41) is 8.91. The summed E-state index contributed by atoms with van der Waals surface area (Å²) in [6.45, 7) is 5.79. The van der Waals surface area contributed by atoms with Gasteiger partial charge in [-0.3, -0.25) is 4.90 Å². The summed E-state index contributed by atoms with van der Waals surface area (Å²) < 4.78 is 10.6. The molecule has 1 amide bonds. The van der Waals surface area contributed by atoms with Crippen molar-refractivity contribution in [3.63, 3.8) is 0 Å². The summed E-state index contributed by atoms with van der Waals surface area (Å²) in [6, 6.07) is 0. The molecule has 1 saturated heterocycles. The fraction of sp³-hybridized carbons (Fsp3) is 0.923. The van der Waals surface area contributed by atoms with Crippen molar-refractivity contribution in [3.8, 4) is 0 Å². The molecule has 0 aliphatic carbocycles. The Kier molecular flexibility index (Phi) is 5.88. The van der Waals surface area contributed by atoms with Gasteiger partial charge in [0.2, 0.25) is 0 Å². The Balaban J connectivity index is 2.67. The molecule has 1 N–H and O–H groups in total. The third kappa shape index (κ3) is 5.23. The van der Waals surface area contributed by atoms with Gasteiger partial charge in [-0.1, -0.05) is 12.8 Å². The Morgan fingerprint density at radius 2 is 1.94 bits per heavy atom. The van der Waals surface area contributed by atoms with Gasteiger partial charge in [0.1, 0.15) is 18.6 Å². The lowest BCUT2D eigenvalue weighted by atomic mass is 10.1. The van der Waals surface area contributed by atoms with Crippen LogP contribution in [0.1, 0.15) is 52.9 Å². The minimum Gasteiger partial charge on any atom is -0.444 e. The van der Waals surface area contributed by atoms with Crippen LogP contribution in [-0.4, -0.2) is 41.3 Å². The van der Waals surface area contributed by atoms with Crippen molar-refractivity contribution in [2.75, 3.05) is 13.3 Å². The van der Waals surface area contributed by atoms with E-state index in [1.54, 1.807) is 4.90 Å². The summed E-state index contributed by atoms with van der Waals surface area (Å²) in [5.74, 6) is 0. The molecule has 106 valence electrons. The van der Waals surface area contributed by atoms with Crippen molar-refractivity contribution >= 4 is 6.09 Å². The zero-order valence-corrected chi connectivity index (χ0v) is 11.6. The number of aliphatic hydroxyl groups is 1. The number of carbonyl (C=O) groups is 1. The number of hydrogen-bond donors (Lipinski definition) is 1. The number of amides is 1. The molecular formula is C13H25NO4. The number of hydrogen-bond acceptors (Lipinski definition) is 4. The fourth-order valence-electron chi connectivity index (χ4n) is 2.04. The minimum absolute atomic E-state index is 0.358. The molecule has 0 spiro atoms. The third-order valence-corrected chi connectivity index (χ3v) is 2.84. The molecule has 0 saturated carbocycles. The van der Waals surface area contributed by atoms with Crippen LogP contribution in [0.4, 0.5) is 4.79 Å². The Morgan fingerprint density at radius 1 is 1.28 bits per heavy atom. The highest BCUT2D eigenvalue weighted by Crippen LogP contribution is 2.20. The summed E-state index contributed by atoms with van der Waals surface area (Å²) in [7, 11) is 0. The van der Waals surface area contributed by atoms with Gasteiger partial charge in [-0.15, -0.1) is 0 Å². The van der Waals surface area contributed by atoms with Gasteiger partial charge >= 0.3 is 6.09 Å². The molecule has 5 nitrogen and oxygen atoms in total. The normalized spacial score (nSPS) is 22.2. The molecule has 1 aliphatic heterocycles. The van der Waals surface area contributed by atoms with Crippen LogP contribution in [0.2, 0.25) is 0 Å². The van der Waals surface area contributed by atoms with Crippen molar-refractivity contribution in [3.05, 3.63) is 0 Å². The van der Waals surface area contributed by atoms with Gasteiger partial charge in [-0.25, -0.2) is 4.79 Å². The van der Waals surface area contributed by atoms with E-state index in [0.717, 1.165) is 32.1 Å². The summed E-state index contributed by atoms with van der Waals surface area (Å²) in [6.07, 6.45) is 4.24. The molecule has 1 heterocycles. The average molecular weight is 259 g/mol. The smallest absolute Gasteiger partial charge is 0.412 e. The molecule has 1 rings (SSSR count). The van der Waals surface area contributed by atoms with Gasteiger partial charge in [0, 0.05) is 6.54 Å². The lowest BCUT2D eigenvalue weighted by molar-refractivity contribution is -0.122. The quantitative estimate of drug-likeness (QED) is 0.774. The van der Waals surface area contributed by atoms with Crippen molar-refractivity contribution in [1.29, 1.82) is 0 Å². The largest absolute Gasteiger partial charge is 0.444 e. The standard InChI is InChI=1S/C13H25NO4/c1-13(2,3)18-12(16)14-9-7-5-4-6-8-11(14)17-10-15/h11,15H,4-10H2,1-3H3/t11-/m0/s1. The fourth-order valence-corrected chi connectivity index (χ4v) is 2.04. The van der Waals surface area contributed by atoms with E-state index in [2.05, 4.69) is 0 Å². The lowest BCUT2D eigenvalue weighted by Gasteiger charge is -2.34. The molecule has 1 fully saturated rings. The number of nitrogens with zero attached hydrogens (tertiary/aromatic N) is 1. The van der Waals surface area contributed by atoms with E-state index < -0.39 is 5.60 Å². The van der Waals surface area contributed by atoms with E-state index in [-0.39, 0.29) is 19.1 Å². The first-order valence-corrected chi connectivity index (χ1v) is 6.66. The molecular weight excluding hydrogens is 234 g/mol. The number of aliphatic hydroxyl groups excluding tert-OH is 1. The lowest BCUT2D eigenvalue weighted by Crippen LogP contribution is -2.45. The van der Waals surface area contributed by atoms with E-state index in [0.29, 0.717) is 6.54 Å². The van der Waals surface area contributed by atoms with Crippen molar-refractivity contribution in [2.24, 2.45) is 0 Å². The second kappa shape index (κ2) is 6.95. The maximum atomic E-state index is 12.1. The van der Waals surface area contributed by atoms with Crippen LogP contribution in [0.5, 0.6) is 0 Å². The van der Waals surface area contributed by atoms with Gasteiger partial charge in [-0.05, 0) is 40.0 Å². The van der Waals surface area contributed by atoms with Crippen molar-refractivity contribution in [2.45, 2.75) is 64.7 Å². The first kappa shape index (κ1) is 15.2. The Hall–Kier alpha value is -0.810. The first-order chi connectivity index (χ1) is 8.44. The van der Waals surface area contributed by atoms with Crippen LogP contribution in [-0.2, 0) is 9.47 Å². The van der Waals surface area contributed by atoms with E-state index >= 15 is 0 Å². The van der Waals surface area contributed by atoms with Gasteiger partial charge in [0.05, 0.1) is 0 Å². The van der Waals surface area contributed by atoms with E-state index in [4.69, 9.17) is 14.6 Å². The SMILES string of the molecule is CC(C)(C)OC(=O)N1CCCCCC[C@@H]1OCO. The maximum absolute atomic E-state index is 12.1. The number of ether oxygens (including phenoxy) is 2. The van der Waals surface area contributed by atoms with Crippen molar-refractivity contribution in [1.82, 2.24) is 4.90 Å². The molecule has 18 heavy (non-hydrogen) atoms. The van der Waals surface area contributed by atoms with E-state index in [1.807, 2.05) is 20.8 Å². The van der Waals surface area contributed by atoms with Gasteiger partial charge < -0.3 is 14.6 Å². The highest BCUT2D eigenvalue weighted by Gasteiger charge is 2.29. The summed E-state index contributed by atoms with van der Waals surface area (Å²) >= 11 is 0. The van der Waals surface area contributed by atoms with Gasteiger partial charge in [0.15, 0.2) is 0 Å². The average Bonchev–Trinajstić information content (AvgIpc) is 2.19. The maximum Gasteiger partial charge on any atom is 0.412 e. The van der Waals surface area contributed by atoms with Crippen LogP contribution < -0.4 is 0 Å². The Bertz CT molecular complexity index is 262. The molecule has 1 atom stereocenters. The summed E-state index contributed by atoms with van der Waals surface area (Å²) in [4.78, 5) is 13.7. The second-order valence-corrected chi connectivity index (χ2v) is 5.63. The van der Waals surface area contributed by atoms with Crippen LogP contribution in [0, 0.1) is 0 Å². The van der Waals surface area contributed by atoms with Crippen LogP contribution in [0.3, 0.4) is 0 Å². The minimum atomic E-state index is -0.511. The molecule has 0 radical (unpaired) electrons. The highest BCUT2D eigenvalue weighted by molar-refractivity contribution is 5.68. The van der Waals surface area contributed by atoms with Crippen molar-refractivity contribution < 1.29 is 19.4 Å². The van der Waals surface area contributed by atoms with Crippen LogP contribution in [0.15, 0.2) is 0 Å². The predicted octanol–water partition coefficient (Wildman–Crippen LogP) is 2.48. The van der Waals surface area contributed by atoms with Crippen LogP contribution >= 0.6 is 0 Å². The third-order valence-electron chi connectivity index (χ3n) is 2.84. The van der Waals surface area contributed by atoms with Crippen LogP contribution in [0.25, 0.3) is 0 Å². The molecule has 0 aromatic carbocycles.